The highest BCUT2D eigenvalue weighted by molar-refractivity contribution is 5.45. The smallest absolute Gasteiger partial charge is 0.491 e. The molecule has 0 amide bonds. The number of aryl methyl sites for hydroxylation is 1. The molecule has 0 aliphatic rings. The standard InChI is InChI=1S/C9H11F3N2O2/c1-5-4-14-8(16-9(10,11)12)7(15-2)6(5)3-13/h4H,3,13H2,1-2H3. The van der Waals surface area contributed by atoms with Crippen molar-refractivity contribution in [3.8, 4) is 11.6 Å². The van der Waals surface area contributed by atoms with E-state index in [2.05, 4.69) is 9.72 Å². The molecule has 0 aliphatic heterocycles. The van der Waals surface area contributed by atoms with Crippen LogP contribution in [0.25, 0.3) is 0 Å². The lowest BCUT2D eigenvalue weighted by atomic mass is 10.1. The molecule has 0 radical (unpaired) electrons. The number of nitrogens with two attached hydrogens (primary N) is 1. The normalized spacial score (nSPS) is 11.4. The molecule has 1 aromatic heterocycles. The first-order valence-electron chi connectivity index (χ1n) is 4.37. The van der Waals surface area contributed by atoms with Crippen LogP contribution in [0.5, 0.6) is 11.6 Å². The van der Waals surface area contributed by atoms with Crippen molar-refractivity contribution in [1.82, 2.24) is 4.98 Å². The zero-order valence-electron chi connectivity index (χ0n) is 8.76. The number of hydrogen-bond acceptors (Lipinski definition) is 4. The molecule has 0 saturated heterocycles. The second-order valence-corrected chi connectivity index (χ2v) is 3.01. The van der Waals surface area contributed by atoms with Crippen LogP contribution in [0.15, 0.2) is 6.20 Å². The number of pyridine rings is 1. The molecule has 0 aliphatic carbocycles. The molecule has 0 spiro atoms. The Labute approximate surface area is 90.2 Å². The zero-order valence-corrected chi connectivity index (χ0v) is 8.76. The fourth-order valence-corrected chi connectivity index (χ4v) is 1.25. The van der Waals surface area contributed by atoms with E-state index in [1.54, 1.807) is 6.92 Å². The Balaban J connectivity index is 3.19. The summed E-state index contributed by atoms with van der Waals surface area (Å²) in [6.07, 6.45) is -3.55. The van der Waals surface area contributed by atoms with E-state index in [9.17, 15) is 13.2 Å². The maximum atomic E-state index is 12.0. The number of ether oxygens (including phenoxy) is 2. The highest BCUT2D eigenvalue weighted by atomic mass is 19.4. The van der Waals surface area contributed by atoms with E-state index in [4.69, 9.17) is 10.5 Å². The van der Waals surface area contributed by atoms with Gasteiger partial charge in [0.05, 0.1) is 7.11 Å². The molecule has 0 unspecified atom stereocenters. The first kappa shape index (κ1) is 12.6. The highest BCUT2D eigenvalue weighted by Gasteiger charge is 2.34. The molecular weight excluding hydrogens is 225 g/mol. The van der Waals surface area contributed by atoms with Crippen molar-refractivity contribution >= 4 is 0 Å². The first-order chi connectivity index (χ1) is 7.39. The third-order valence-corrected chi connectivity index (χ3v) is 1.94. The van der Waals surface area contributed by atoms with Crippen molar-refractivity contribution in [2.24, 2.45) is 5.73 Å². The molecule has 1 aromatic rings. The van der Waals surface area contributed by atoms with Crippen LogP contribution >= 0.6 is 0 Å². The molecular formula is C9H11F3N2O2. The summed E-state index contributed by atoms with van der Waals surface area (Å²) in [5, 5.41) is 0. The number of halogens is 3. The van der Waals surface area contributed by atoms with Crippen molar-refractivity contribution < 1.29 is 22.6 Å². The summed E-state index contributed by atoms with van der Waals surface area (Å²) in [7, 11) is 1.23. The molecule has 1 heterocycles. The van der Waals surface area contributed by atoms with Gasteiger partial charge in [-0.2, -0.15) is 0 Å². The quantitative estimate of drug-likeness (QED) is 0.868. The average Bonchev–Trinajstić information content (AvgIpc) is 2.18. The minimum absolute atomic E-state index is 0.0474. The molecule has 1 rings (SSSR count). The predicted molar refractivity (Wildman–Crippen MR) is 50.1 cm³/mol. The van der Waals surface area contributed by atoms with Crippen molar-refractivity contribution in [2.45, 2.75) is 19.8 Å². The van der Waals surface area contributed by atoms with Crippen LogP contribution in [0.2, 0.25) is 0 Å². The number of rotatable bonds is 3. The van der Waals surface area contributed by atoms with E-state index in [1.807, 2.05) is 0 Å². The third-order valence-electron chi connectivity index (χ3n) is 1.94. The molecule has 16 heavy (non-hydrogen) atoms. The maximum Gasteiger partial charge on any atom is 0.574 e. The molecule has 4 nitrogen and oxygen atoms in total. The van der Waals surface area contributed by atoms with Gasteiger partial charge in [0.25, 0.3) is 5.88 Å². The predicted octanol–water partition coefficient (Wildman–Crippen LogP) is 1.76. The fourth-order valence-electron chi connectivity index (χ4n) is 1.25. The highest BCUT2D eigenvalue weighted by Crippen LogP contribution is 2.34. The van der Waals surface area contributed by atoms with Gasteiger partial charge in [0, 0.05) is 18.3 Å². The largest absolute Gasteiger partial charge is 0.574 e. The molecule has 0 aromatic carbocycles. The van der Waals surface area contributed by atoms with Crippen LogP contribution in [0.1, 0.15) is 11.1 Å². The molecule has 7 heteroatoms. The number of aromatic nitrogens is 1. The summed E-state index contributed by atoms with van der Waals surface area (Å²) < 4.78 is 44.7. The molecule has 2 N–H and O–H groups in total. The SMILES string of the molecule is COc1c(OC(F)(F)F)ncc(C)c1CN. The van der Waals surface area contributed by atoms with Gasteiger partial charge in [-0.05, 0) is 12.5 Å². The number of methoxy groups -OCH3 is 1. The topological polar surface area (TPSA) is 57.4 Å². The second kappa shape index (κ2) is 4.56. The van der Waals surface area contributed by atoms with Gasteiger partial charge in [-0.25, -0.2) is 4.98 Å². The fraction of sp³-hybridized carbons (Fsp3) is 0.444. The van der Waals surface area contributed by atoms with Gasteiger partial charge in [-0.1, -0.05) is 0 Å². The van der Waals surface area contributed by atoms with Gasteiger partial charge in [-0.15, -0.1) is 13.2 Å². The van der Waals surface area contributed by atoms with Gasteiger partial charge in [0.15, 0.2) is 5.75 Å². The van der Waals surface area contributed by atoms with Gasteiger partial charge < -0.3 is 15.2 Å². The Kier molecular flexibility index (Phi) is 3.58. The number of alkyl halides is 3. The zero-order chi connectivity index (χ0) is 12.3. The second-order valence-electron chi connectivity index (χ2n) is 3.01. The summed E-state index contributed by atoms with van der Waals surface area (Å²) in [6, 6.07) is 0. The van der Waals surface area contributed by atoms with E-state index < -0.39 is 12.2 Å². The van der Waals surface area contributed by atoms with Crippen LogP contribution in [0, 0.1) is 6.92 Å². The average molecular weight is 236 g/mol. The van der Waals surface area contributed by atoms with E-state index in [-0.39, 0.29) is 12.3 Å². The Bertz CT molecular complexity index is 380. The van der Waals surface area contributed by atoms with Gasteiger partial charge >= 0.3 is 6.36 Å². The lowest BCUT2D eigenvalue weighted by Gasteiger charge is -2.15. The van der Waals surface area contributed by atoms with Crippen LogP contribution in [0.4, 0.5) is 13.2 Å². The maximum absolute atomic E-state index is 12.0. The Morgan fingerprint density at radius 3 is 2.50 bits per heavy atom. The van der Waals surface area contributed by atoms with Crippen LogP contribution in [-0.2, 0) is 6.54 Å². The third kappa shape index (κ3) is 2.75. The summed E-state index contributed by atoms with van der Waals surface area (Å²) in [5.74, 6) is -0.708. The monoisotopic (exact) mass is 236 g/mol. The lowest BCUT2D eigenvalue weighted by Crippen LogP contribution is -2.19. The minimum Gasteiger partial charge on any atom is -0.491 e. The Morgan fingerprint density at radius 2 is 2.06 bits per heavy atom. The minimum atomic E-state index is -4.80. The molecule has 0 fully saturated rings. The van der Waals surface area contributed by atoms with Crippen LogP contribution in [0.3, 0.4) is 0 Å². The Morgan fingerprint density at radius 1 is 1.44 bits per heavy atom. The lowest BCUT2D eigenvalue weighted by molar-refractivity contribution is -0.276. The van der Waals surface area contributed by atoms with Gasteiger partial charge in [0.2, 0.25) is 0 Å². The van der Waals surface area contributed by atoms with Crippen LogP contribution < -0.4 is 15.2 Å². The summed E-state index contributed by atoms with van der Waals surface area (Å²) in [5.41, 5.74) is 6.50. The van der Waals surface area contributed by atoms with Gasteiger partial charge in [0.1, 0.15) is 0 Å². The summed E-state index contributed by atoms with van der Waals surface area (Å²) in [4.78, 5) is 3.52. The summed E-state index contributed by atoms with van der Waals surface area (Å²) >= 11 is 0. The van der Waals surface area contributed by atoms with E-state index in [1.165, 1.54) is 13.3 Å². The van der Waals surface area contributed by atoms with Gasteiger partial charge in [-0.3, -0.25) is 0 Å². The molecule has 0 bridgehead atoms. The Hall–Kier alpha value is -1.50. The van der Waals surface area contributed by atoms with E-state index in [0.717, 1.165) is 0 Å². The van der Waals surface area contributed by atoms with E-state index >= 15 is 0 Å². The molecule has 0 saturated carbocycles. The number of hydrogen-bond donors (Lipinski definition) is 1. The van der Waals surface area contributed by atoms with Crippen molar-refractivity contribution in [3.05, 3.63) is 17.3 Å². The number of nitrogens with zero attached hydrogens (tertiary/aromatic N) is 1. The molecule has 90 valence electrons. The van der Waals surface area contributed by atoms with Crippen molar-refractivity contribution in [3.63, 3.8) is 0 Å². The van der Waals surface area contributed by atoms with Crippen LogP contribution in [-0.4, -0.2) is 18.5 Å². The van der Waals surface area contributed by atoms with Crippen molar-refractivity contribution in [2.75, 3.05) is 7.11 Å². The van der Waals surface area contributed by atoms with E-state index in [0.29, 0.717) is 11.1 Å². The summed E-state index contributed by atoms with van der Waals surface area (Å²) in [6.45, 7) is 1.72. The van der Waals surface area contributed by atoms with Crippen molar-refractivity contribution in [1.29, 1.82) is 0 Å². The molecule has 0 atom stereocenters. The first-order valence-corrected chi connectivity index (χ1v) is 4.37.